The van der Waals surface area contributed by atoms with Crippen LogP contribution in [0.3, 0.4) is 0 Å². The minimum absolute atomic E-state index is 0.0696. The number of anilines is 2. The van der Waals surface area contributed by atoms with Gasteiger partial charge in [0.25, 0.3) is 11.4 Å². The summed E-state index contributed by atoms with van der Waals surface area (Å²) in [6.07, 6.45) is -2.85. The molecule has 2 unspecified atom stereocenters. The van der Waals surface area contributed by atoms with Crippen molar-refractivity contribution in [1.29, 1.82) is 0 Å². The fourth-order valence-corrected chi connectivity index (χ4v) is 4.95. The normalized spacial score (nSPS) is 19.0. The number of halogens is 5. The molecule has 11 nitrogen and oxygen atoms in total. The number of hydrogen-bond acceptors (Lipinski definition) is 8. The number of amides is 1. The fourth-order valence-electron chi connectivity index (χ4n) is 4.02. The minimum Gasteiger partial charge on any atom is -0.393 e. The summed E-state index contributed by atoms with van der Waals surface area (Å²) in [5.41, 5.74) is 5.67. The molecule has 2 aromatic rings. The molecule has 0 saturated carbocycles. The van der Waals surface area contributed by atoms with Crippen molar-refractivity contribution in [3.8, 4) is 0 Å². The van der Waals surface area contributed by atoms with Gasteiger partial charge in [-0.3, -0.25) is 25.0 Å². The molecule has 0 aliphatic carbocycles. The molecule has 0 radical (unpaired) electrons. The Morgan fingerprint density at radius 3 is 1.84 bits per heavy atom. The lowest BCUT2D eigenvalue weighted by Crippen LogP contribution is -2.30. The Hall–Kier alpha value is -2.82. The van der Waals surface area contributed by atoms with Gasteiger partial charge in [0.15, 0.2) is 0 Å². The van der Waals surface area contributed by atoms with Crippen molar-refractivity contribution in [3.05, 3.63) is 64.6 Å². The molecule has 38 heavy (non-hydrogen) atoms. The Labute approximate surface area is 230 Å². The molecular formula is C22H21Br2F3N4O7. The van der Waals surface area contributed by atoms with Gasteiger partial charge in [-0.25, -0.2) is 0 Å². The predicted octanol–water partition coefficient (Wildman–Crippen LogP) is 6.50. The number of carbonyl (C=O) groups is 1. The van der Waals surface area contributed by atoms with E-state index >= 15 is 0 Å². The molecule has 2 aliphatic rings. The SMILES string of the molecule is Nc1c(C2CCCO2)cc(Br)cc1[N+](=O)[O-].O=C(Nc1c(C2CCCO2)cc(Br)cc1[N+](=O)[O-])C(F)(F)F. The number of benzene rings is 2. The van der Waals surface area contributed by atoms with E-state index in [4.69, 9.17) is 15.2 Å². The highest BCUT2D eigenvalue weighted by atomic mass is 79.9. The lowest BCUT2D eigenvalue weighted by Gasteiger charge is -2.17. The van der Waals surface area contributed by atoms with Crippen molar-refractivity contribution in [2.45, 2.75) is 44.1 Å². The van der Waals surface area contributed by atoms with Crippen LogP contribution >= 0.6 is 31.9 Å². The number of nitrogens with zero attached hydrogens (tertiary/aromatic N) is 2. The first kappa shape index (κ1) is 29.7. The predicted molar refractivity (Wildman–Crippen MR) is 137 cm³/mol. The van der Waals surface area contributed by atoms with Gasteiger partial charge in [-0.15, -0.1) is 0 Å². The maximum atomic E-state index is 12.4. The van der Waals surface area contributed by atoms with Crippen LogP contribution in [0.15, 0.2) is 33.2 Å². The van der Waals surface area contributed by atoms with Crippen molar-refractivity contribution in [1.82, 2.24) is 0 Å². The quantitative estimate of drug-likeness (QED) is 0.207. The summed E-state index contributed by atoms with van der Waals surface area (Å²) in [7, 11) is 0. The van der Waals surface area contributed by atoms with Gasteiger partial charge in [0.2, 0.25) is 0 Å². The number of nitrogens with one attached hydrogen (secondary N) is 1. The molecule has 16 heteroatoms. The summed E-state index contributed by atoms with van der Waals surface area (Å²) in [6, 6.07) is 5.64. The van der Waals surface area contributed by atoms with Gasteiger partial charge in [-0.2, -0.15) is 13.2 Å². The van der Waals surface area contributed by atoms with Crippen LogP contribution in [0.2, 0.25) is 0 Å². The number of carbonyl (C=O) groups excluding carboxylic acids is 1. The van der Waals surface area contributed by atoms with Crippen LogP contribution in [0.5, 0.6) is 0 Å². The third-order valence-corrected chi connectivity index (χ3v) is 6.63. The summed E-state index contributed by atoms with van der Waals surface area (Å²) in [5.74, 6) is -2.27. The first-order valence-electron chi connectivity index (χ1n) is 11.1. The Kier molecular flexibility index (Phi) is 9.67. The minimum atomic E-state index is -5.14. The van der Waals surface area contributed by atoms with Crippen molar-refractivity contribution in [3.63, 3.8) is 0 Å². The second-order valence-corrected chi connectivity index (χ2v) is 10.1. The molecule has 4 rings (SSSR count). The topological polar surface area (TPSA) is 160 Å². The molecule has 3 N–H and O–H groups in total. The zero-order valence-corrected chi connectivity index (χ0v) is 22.6. The van der Waals surface area contributed by atoms with Crippen molar-refractivity contribution >= 4 is 60.5 Å². The number of nitrogen functional groups attached to an aromatic ring is 1. The number of nitro groups is 2. The van der Waals surface area contributed by atoms with E-state index in [0.717, 1.165) is 18.9 Å². The van der Waals surface area contributed by atoms with Gasteiger partial charge >= 0.3 is 12.1 Å². The van der Waals surface area contributed by atoms with E-state index in [9.17, 15) is 38.2 Å². The fraction of sp³-hybridized carbons (Fsp3) is 0.409. The third-order valence-electron chi connectivity index (χ3n) is 5.71. The maximum Gasteiger partial charge on any atom is 0.471 e. The average molecular weight is 670 g/mol. The highest BCUT2D eigenvalue weighted by Crippen LogP contribution is 2.41. The Bertz CT molecular complexity index is 1230. The van der Waals surface area contributed by atoms with E-state index in [1.54, 1.807) is 11.4 Å². The lowest BCUT2D eigenvalue weighted by atomic mass is 10.0. The molecule has 0 bridgehead atoms. The molecule has 2 saturated heterocycles. The standard InChI is InChI=1S/C12H10BrF3N2O4.C10H11BrN2O3/c13-6-4-7(9-2-1-3-22-9)10(8(5-6)18(20)21)17-11(19)12(14,15)16;11-6-4-7(9-2-1-3-16-9)10(12)8(5-6)13(14)15/h4-5,9H,1-3H2,(H,17,19);4-5,9H,1-3,12H2. The molecule has 2 aliphatic heterocycles. The maximum absolute atomic E-state index is 12.4. The van der Waals surface area contributed by atoms with Crippen LogP contribution < -0.4 is 11.1 Å². The highest BCUT2D eigenvalue weighted by Gasteiger charge is 2.41. The number of nitro benzene ring substituents is 2. The van der Waals surface area contributed by atoms with E-state index in [2.05, 4.69) is 31.9 Å². The molecule has 2 aromatic carbocycles. The van der Waals surface area contributed by atoms with Crippen LogP contribution in [0, 0.1) is 20.2 Å². The van der Waals surface area contributed by atoms with Crippen molar-refractivity contribution in [2.24, 2.45) is 0 Å². The van der Waals surface area contributed by atoms with Crippen molar-refractivity contribution < 1.29 is 37.3 Å². The van der Waals surface area contributed by atoms with Gasteiger partial charge in [0.05, 0.1) is 22.1 Å². The smallest absolute Gasteiger partial charge is 0.393 e. The number of ether oxygens (including phenoxy) is 2. The second kappa shape index (κ2) is 12.4. The average Bonchev–Trinajstić information content (AvgIpc) is 3.55. The zero-order valence-electron chi connectivity index (χ0n) is 19.4. The molecule has 2 heterocycles. The number of nitrogens with two attached hydrogens (primary N) is 1. The summed E-state index contributed by atoms with van der Waals surface area (Å²) >= 11 is 6.32. The van der Waals surface area contributed by atoms with E-state index < -0.39 is 39.4 Å². The molecule has 1 amide bonds. The molecule has 2 atom stereocenters. The second-order valence-electron chi connectivity index (χ2n) is 8.29. The lowest BCUT2D eigenvalue weighted by molar-refractivity contribution is -0.384. The van der Waals surface area contributed by atoms with Crippen LogP contribution in [0.1, 0.15) is 49.0 Å². The molecule has 0 spiro atoms. The number of hydrogen-bond donors (Lipinski definition) is 2. The molecule has 0 aromatic heterocycles. The van der Waals surface area contributed by atoms with Gasteiger partial charge in [0, 0.05) is 45.4 Å². The Balaban J connectivity index is 0.000000221. The summed E-state index contributed by atoms with van der Waals surface area (Å²) in [5, 5.41) is 23.5. The first-order valence-corrected chi connectivity index (χ1v) is 12.7. The third kappa shape index (κ3) is 7.18. The monoisotopic (exact) mass is 668 g/mol. The Morgan fingerprint density at radius 1 is 0.921 bits per heavy atom. The Morgan fingerprint density at radius 2 is 1.39 bits per heavy atom. The van der Waals surface area contributed by atoms with E-state index in [1.807, 2.05) is 0 Å². The summed E-state index contributed by atoms with van der Waals surface area (Å²) in [4.78, 5) is 31.7. The molecule has 2 fully saturated rings. The molecule has 206 valence electrons. The number of alkyl halides is 3. The van der Waals surface area contributed by atoms with Crippen LogP contribution in [-0.4, -0.2) is 35.1 Å². The zero-order chi connectivity index (χ0) is 28.2. The van der Waals surface area contributed by atoms with Crippen LogP contribution in [-0.2, 0) is 14.3 Å². The van der Waals surface area contributed by atoms with Gasteiger partial charge in [-0.1, -0.05) is 31.9 Å². The van der Waals surface area contributed by atoms with Crippen LogP contribution in [0.25, 0.3) is 0 Å². The van der Waals surface area contributed by atoms with Gasteiger partial charge in [-0.05, 0) is 37.8 Å². The number of rotatable bonds is 5. The summed E-state index contributed by atoms with van der Waals surface area (Å²) < 4.78 is 49.1. The van der Waals surface area contributed by atoms with Gasteiger partial charge < -0.3 is 20.5 Å². The largest absolute Gasteiger partial charge is 0.471 e. The van der Waals surface area contributed by atoms with E-state index in [-0.39, 0.29) is 23.0 Å². The van der Waals surface area contributed by atoms with E-state index in [0.29, 0.717) is 40.6 Å². The van der Waals surface area contributed by atoms with E-state index in [1.165, 1.54) is 12.1 Å². The summed E-state index contributed by atoms with van der Waals surface area (Å²) in [6.45, 7) is 1.09. The van der Waals surface area contributed by atoms with Gasteiger partial charge in [0.1, 0.15) is 11.4 Å². The first-order chi connectivity index (χ1) is 17.8. The van der Waals surface area contributed by atoms with Crippen LogP contribution in [0.4, 0.5) is 35.9 Å². The molecular weight excluding hydrogens is 649 g/mol. The van der Waals surface area contributed by atoms with Crippen molar-refractivity contribution in [2.75, 3.05) is 24.3 Å². The highest BCUT2D eigenvalue weighted by molar-refractivity contribution is 9.10.